The number of benzene rings is 2. The maximum absolute atomic E-state index is 11.6. The number of carbonyl (C=O) groups is 1. The molecule has 0 fully saturated rings. The third kappa shape index (κ3) is 4.65. The van der Waals surface area contributed by atoms with Crippen LogP contribution in [0.1, 0.15) is 10.4 Å². The number of halogens is 1. The van der Waals surface area contributed by atoms with Crippen molar-refractivity contribution in [1.82, 2.24) is 9.97 Å². The summed E-state index contributed by atoms with van der Waals surface area (Å²) in [6.07, 6.45) is 1.62. The Bertz CT molecular complexity index is 965. The first-order chi connectivity index (χ1) is 13.1. The van der Waals surface area contributed by atoms with Crippen LogP contribution in [0.15, 0.2) is 54.7 Å². The molecule has 1 heterocycles. The molecule has 2 N–H and O–H groups in total. The van der Waals surface area contributed by atoms with Crippen molar-refractivity contribution >= 4 is 40.7 Å². The molecular formula is C19H17ClN4O3. The van der Waals surface area contributed by atoms with Crippen molar-refractivity contribution in [3.63, 3.8) is 0 Å². The summed E-state index contributed by atoms with van der Waals surface area (Å²) in [4.78, 5) is 20.2. The number of nitrogens with zero attached hydrogens (tertiary/aromatic N) is 2. The molecule has 3 aromatic rings. The molecule has 27 heavy (non-hydrogen) atoms. The number of hydrogen-bond acceptors (Lipinski definition) is 7. The van der Waals surface area contributed by atoms with E-state index in [0.717, 1.165) is 5.69 Å². The average molecular weight is 385 g/mol. The molecule has 0 unspecified atom stereocenters. The van der Waals surface area contributed by atoms with Gasteiger partial charge in [-0.1, -0.05) is 17.7 Å². The van der Waals surface area contributed by atoms with Crippen LogP contribution in [0.5, 0.6) is 5.75 Å². The van der Waals surface area contributed by atoms with Gasteiger partial charge in [-0.25, -0.2) is 9.78 Å². The number of carbonyl (C=O) groups excluding carboxylic acids is 1. The van der Waals surface area contributed by atoms with E-state index in [1.165, 1.54) is 7.11 Å². The SMILES string of the molecule is COC(=O)c1cccc(Nc2nccc(Nc3ccc(OC)c(Cl)c3)n2)c1. The van der Waals surface area contributed by atoms with E-state index in [0.29, 0.717) is 33.8 Å². The molecule has 0 spiro atoms. The largest absolute Gasteiger partial charge is 0.495 e. The van der Waals surface area contributed by atoms with Gasteiger partial charge in [-0.05, 0) is 42.5 Å². The summed E-state index contributed by atoms with van der Waals surface area (Å²) >= 11 is 6.14. The van der Waals surface area contributed by atoms with E-state index in [1.54, 1.807) is 55.8 Å². The van der Waals surface area contributed by atoms with E-state index in [9.17, 15) is 4.79 Å². The molecule has 8 heteroatoms. The highest BCUT2D eigenvalue weighted by Gasteiger charge is 2.07. The number of aromatic nitrogens is 2. The van der Waals surface area contributed by atoms with Crippen molar-refractivity contribution in [2.24, 2.45) is 0 Å². The van der Waals surface area contributed by atoms with E-state index in [4.69, 9.17) is 21.1 Å². The van der Waals surface area contributed by atoms with Crippen molar-refractivity contribution in [3.8, 4) is 5.75 Å². The Hall–Kier alpha value is -3.32. The van der Waals surface area contributed by atoms with Crippen LogP contribution < -0.4 is 15.4 Å². The van der Waals surface area contributed by atoms with Gasteiger partial charge in [0, 0.05) is 17.6 Å². The van der Waals surface area contributed by atoms with Crippen LogP contribution in [0, 0.1) is 0 Å². The minimum atomic E-state index is -0.411. The van der Waals surface area contributed by atoms with Crippen molar-refractivity contribution < 1.29 is 14.3 Å². The topological polar surface area (TPSA) is 85.4 Å². The molecule has 0 amide bonds. The summed E-state index contributed by atoms with van der Waals surface area (Å²) in [5.74, 6) is 1.14. The third-order valence-corrected chi connectivity index (χ3v) is 3.91. The first-order valence-electron chi connectivity index (χ1n) is 7.98. The van der Waals surface area contributed by atoms with Crippen molar-refractivity contribution in [2.45, 2.75) is 0 Å². The van der Waals surface area contributed by atoms with Crippen LogP contribution >= 0.6 is 11.6 Å². The zero-order chi connectivity index (χ0) is 19.2. The highest BCUT2D eigenvalue weighted by atomic mass is 35.5. The van der Waals surface area contributed by atoms with Crippen molar-refractivity contribution in [2.75, 3.05) is 24.9 Å². The summed E-state index contributed by atoms with van der Waals surface area (Å²) in [5.41, 5.74) is 1.87. The highest BCUT2D eigenvalue weighted by molar-refractivity contribution is 6.32. The van der Waals surface area contributed by atoms with Crippen LogP contribution in [-0.2, 0) is 4.74 Å². The zero-order valence-electron chi connectivity index (χ0n) is 14.7. The molecule has 1 aromatic heterocycles. The van der Waals surface area contributed by atoms with Gasteiger partial charge >= 0.3 is 5.97 Å². The predicted octanol–water partition coefficient (Wildman–Crippen LogP) is 4.41. The summed E-state index contributed by atoms with van der Waals surface area (Å²) < 4.78 is 9.87. The predicted molar refractivity (Wildman–Crippen MR) is 104 cm³/mol. The molecule has 138 valence electrons. The molecule has 0 atom stereocenters. The number of anilines is 4. The van der Waals surface area contributed by atoms with E-state index in [1.807, 2.05) is 6.07 Å². The van der Waals surface area contributed by atoms with Crippen LogP contribution in [0.25, 0.3) is 0 Å². The summed E-state index contributed by atoms with van der Waals surface area (Å²) in [6.45, 7) is 0. The van der Waals surface area contributed by atoms with E-state index < -0.39 is 5.97 Å². The Kier molecular flexibility index (Phi) is 5.73. The van der Waals surface area contributed by atoms with Gasteiger partial charge in [0.05, 0.1) is 24.8 Å². The lowest BCUT2D eigenvalue weighted by Crippen LogP contribution is -2.03. The Morgan fingerprint density at radius 2 is 1.85 bits per heavy atom. The maximum Gasteiger partial charge on any atom is 0.337 e. The normalized spacial score (nSPS) is 10.2. The van der Waals surface area contributed by atoms with Crippen LogP contribution in [0.2, 0.25) is 5.02 Å². The second-order valence-corrected chi connectivity index (χ2v) is 5.84. The molecule has 0 aliphatic heterocycles. The van der Waals surface area contributed by atoms with Gasteiger partial charge in [0.15, 0.2) is 0 Å². The molecular weight excluding hydrogens is 368 g/mol. The van der Waals surface area contributed by atoms with Gasteiger partial charge < -0.3 is 20.1 Å². The second-order valence-electron chi connectivity index (χ2n) is 5.44. The fourth-order valence-corrected chi connectivity index (χ4v) is 2.61. The van der Waals surface area contributed by atoms with Crippen LogP contribution in [0.3, 0.4) is 0 Å². The highest BCUT2D eigenvalue weighted by Crippen LogP contribution is 2.28. The van der Waals surface area contributed by atoms with Gasteiger partial charge in [-0.2, -0.15) is 4.98 Å². The summed E-state index contributed by atoms with van der Waals surface area (Å²) in [7, 11) is 2.90. The minimum Gasteiger partial charge on any atom is -0.495 e. The maximum atomic E-state index is 11.6. The summed E-state index contributed by atoms with van der Waals surface area (Å²) in [5, 5.41) is 6.71. The molecule has 3 rings (SSSR count). The van der Waals surface area contributed by atoms with Crippen LogP contribution in [0.4, 0.5) is 23.1 Å². The summed E-state index contributed by atoms with van der Waals surface area (Å²) in [6, 6.07) is 14.0. The minimum absolute atomic E-state index is 0.377. The van der Waals surface area contributed by atoms with Crippen LogP contribution in [-0.4, -0.2) is 30.2 Å². The quantitative estimate of drug-likeness (QED) is 0.608. The lowest BCUT2D eigenvalue weighted by atomic mass is 10.2. The number of esters is 1. The lowest BCUT2D eigenvalue weighted by Gasteiger charge is -2.10. The number of hydrogen-bond donors (Lipinski definition) is 2. The molecule has 0 bridgehead atoms. The fourth-order valence-electron chi connectivity index (χ4n) is 2.35. The average Bonchev–Trinajstić information content (AvgIpc) is 2.68. The molecule has 7 nitrogen and oxygen atoms in total. The van der Waals surface area contributed by atoms with E-state index in [-0.39, 0.29) is 0 Å². The molecule has 0 aliphatic rings. The number of rotatable bonds is 6. The Morgan fingerprint density at radius 3 is 2.59 bits per heavy atom. The van der Waals surface area contributed by atoms with Gasteiger partial charge in [-0.15, -0.1) is 0 Å². The smallest absolute Gasteiger partial charge is 0.337 e. The lowest BCUT2D eigenvalue weighted by molar-refractivity contribution is 0.0601. The zero-order valence-corrected chi connectivity index (χ0v) is 15.4. The Morgan fingerprint density at radius 1 is 1.04 bits per heavy atom. The Balaban J connectivity index is 1.76. The monoisotopic (exact) mass is 384 g/mol. The Labute approximate surface area is 161 Å². The molecule has 0 aliphatic carbocycles. The van der Waals surface area contributed by atoms with E-state index >= 15 is 0 Å². The third-order valence-electron chi connectivity index (χ3n) is 3.62. The molecule has 0 radical (unpaired) electrons. The number of nitrogens with one attached hydrogen (secondary N) is 2. The number of methoxy groups -OCH3 is 2. The van der Waals surface area contributed by atoms with E-state index in [2.05, 4.69) is 20.6 Å². The number of ether oxygens (including phenoxy) is 2. The van der Waals surface area contributed by atoms with Gasteiger partial charge in [0.2, 0.25) is 5.95 Å². The fraction of sp³-hybridized carbons (Fsp3) is 0.105. The molecule has 2 aromatic carbocycles. The van der Waals surface area contributed by atoms with Crippen molar-refractivity contribution in [3.05, 3.63) is 65.3 Å². The van der Waals surface area contributed by atoms with Gasteiger partial charge in [0.1, 0.15) is 11.6 Å². The van der Waals surface area contributed by atoms with Crippen molar-refractivity contribution in [1.29, 1.82) is 0 Å². The first kappa shape index (κ1) is 18.5. The molecule has 0 saturated carbocycles. The standard InChI is InChI=1S/C19H17ClN4O3/c1-26-16-7-6-14(11-15(16)20)22-17-8-9-21-19(24-17)23-13-5-3-4-12(10-13)18(25)27-2/h3-11H,1-2H3,(H2,21,22,23,24). The molecule has 0 saturated heterocycles. The van der Waals surface area contributed by atoms with Gasteiger partial charge in [-0.3, -0.25) is 0 Å². The second kappa shape index (κ2) is 8.37. The van der Waals surface area contributed by atoms with Gasteiger partial charge in [0.25, 0.3) is 0 Å². The first-order valence-corrected chi connectivity index (χ1v) is 8.36.